The van der Waals surface area contributed by atoms with E-state index in [1.54, 1.807) is 16.4 Å². The number of hydrogen-bond acceptors (Lipinski definition) is 3. The van der Waals surface area contributed by atoms with E-state index in [0.717, 1.165) is 27.7 Å². The van der Waals surface area contributed by atoms with E-state index in [2.05, 4.69) is 11.1 Å². The molecule has 1 aromatic heterocycles. The Kier molecular flexibility index (Phi) is 6.26. The lowest BCUT2D eigenvalue weighted by Gasteiger charge is -2.31. The normalized spacial score (nSPS) is 15.1. The number of aromatic nitrogens is 1. The molecule has 4 aromatic rings. The first-order valence-corrected chi connectivity index (χ1v) is 13.0. The van der Waals surface area contributed by atoms with Crippen LogP contribution in [0.15, 0.2) is 89.8 Å². The van der Waals surface area contributed by atoms with Crippen LogP contribution in [0.2, 0.25) is 0 Å². The molecule has 0 aliphatic carbocycles. The standard InChI is InChI=1S/C28H28N2O3S/c1-21-13-15-23(16-14-21)34(31,32)30-18-17-25-24-10-5-6-11-26(24)29-28(25)27(30)12-7-19-33-20-22-8-3-2-4-9-22/h2-6,8-16,29H,7,17-20H2,1H3/b27-12-. The first kappa shape index (κ1) is 22.4. The molecule has 1 N–H and O–H groups in total. The highest BCUT2D eigenvalue weighted by atomic mass is 32.2. The Morgan fingerprint density at radius 1 is 0.971 bits per heavy atom. The summed E-state index contributed by atoms with van der Waals surface area (Å²) in [5.41, 5.74) is 5.92. The maximum atomic E-state index is 13.6. The highest BCUT2D eigenvalue weighted by molar-refractivity contribution is 7.89. The molecule has 0 radical (unpaired) electrons. The van der Waals surface area contributed by atoms with Crippen molar-refractivity contribution in [2.45, 2.75) is 31.3 Å². The number of aryl methyl sites for hydroxylation is 1. The first-order chi connectivity index (χ1) is 16.5. The maximum absolute atomic E-state index is 13.6. The minimum absolute atomic E-state index is 0.309. The quantitative estimate of drug-likeness (QED) is 0.353. The van der Waals surface area contributed by atoms with Crippen molar-refractivity contribution in [2.75, 3.05) is 13.2 Å². The molecule has 34 heavy (non-hydrogen) atoms. The van der Waals surface area contributed by atoms with Gasteiger partial charge in [0, 0.05) is 17.4 Å². The molecule has 2 heterocycles. The lowest BCUT2D eigenvalue weighted by Crippen LogP contribution is -2.35. The third-order valence-corrected chi connectivity index (χ3v) is 8.05. The van der Waals surface area contributed by atoms with Gasteiger partial charge >= 0.3 is 0 Å². The smallest absolute Gasteiger partial charge is 0.264 e. The zero-order chi connectivity index (χ0) is 23.5. The molecule has 0 spiro atoms. The van der Waals surface area contributed by atoms with Crippen LogP contribution < -0.4 is 0 Å². The SMILES string of the molecule is Cc1ccc(S(=O)(=O)N2CCc3c([nH]c4ccccc34)/C2=C/CCOCc2ccccc2)cc1. The van der Waals surface area contributed by atoms with Gasteiger partial charge in [0.15, 0.2) is 0 Å². The number of ether oxygens (including phenoxy) is 1. The van der Waals surface area contributed by atoms with Crippen LogP contribution in [0.25, 0.3) is 16.6 Å². The topological polar surface area (TPSA) is 62.4 Å². The fourth-order valence-electron chi connectivity index (χ4n) is 4.47. The number of sulfonamides is 1. The molecule has 1 aliphatic rings. The molecule has 0 bridgehead atoms. The second-order valence-electron chi connectivity index (χ2n) is 8.58. The van der Waals surface area contributed by atoms with Gasteiger partial charge in [0.1, 0.15) is 0 Å². The Balaban J connectivity index is 1.45. The number of hydrogen-bond donors (Lipinski definition) is 1. The predicted molar refractivity (Wildman–Crippen MR) is 136 cm³/mol. The van der Waals surface area contributed by atoms with Crippen molar-refractivity contribution in [3.05, 3.63) is 107 Å². The second-order valence-corrected chi connectivity index (χ2v) is 10.4. The average molecular weight is 473 g/mol. The molecule has 0 unspecified atom stereocenters. The van der Waals surface area contributed by atoms with Gasteiger partial charge in [-0.15, -0.1) is 0 Å². The summed E-state index contributed by atoms with van der Waals surface area (Å²) < 4.78 is 34.7. The van der Waals surface area contributed by atoms with Crippen LogP contribution in [0.1, 0.15) is 28.8 Å². The van der Waals surface area contributed by atoms with Crippen LogP contribution in [0, 0.1) is 6.92 Å². The molecular weight excluding hydrogens is 444 g/mol. The van der Waals surface area contributed by atoms with E-state index in [0.29, 0.717) is 43.2 Å². The molecule has 6 heteroatoms. The van der Waals surface area contributed by atoms with E-state index >= 15 is 0 Å². The van der Waals surface area contributed by atoms with Gasteiger partial charge in [0.25, 0.3) is 10.0 Å². The average Bonchev–Trinajstić information content (AvgIpc) is 3.24. The largest absolute Gasteiger partial charge is 0.376 e. The Labute approximate surface area is 200 Å². The summed E-state index contributed by atoms with van der Waals surface area (Å²) in [6.45, 7) is 3.40. The molecule has 1 aliphatic heterocycles. The number of benzene rings is 3. The van der Waals surface area contributed by atoms with Gasteiger partial charge in [0.2, 0.25) is 0 Å². The van der Waals surface area contributed by atoms with Gasteiger partial charge in [-0.3, -0.25) is 4.31 Å². The summed E-state index contributed by atoms with van der Waals surface area (Å²) >= 11 is 0. The summed E-state index contributed by atoms with van der Waals surface area (Å²) in [6, 6.07) is 25.2. The van der Waals surface area contributed by atoms with Crippen LogP contribution in [0.5, 0.6) is 0 Å². The Hall–Kier alpha value is -3.35. The molecular formula is C28H28N2O3S. The molecule has 0 saturated heterocycles. The predicted octanol–water partition coefficient (Wildman–Crippen LogP) is 5.67. The summed E-state index contributed by atoms with van der Waals surface area (Å²) in [5, 5.41) is 1.15. The van der Waals surface area contributed by atoms with E-state index in [-0.39, 0.29) is 0 Å². The van der Waals surface area contributed by atoms with Gasteiger partial charge < -0.3 is 9.72 Å². The zero-order valence-corrected chi connectivity index (χ0v) is 20.0. The van der Waals surface area contributed by atoms with E-state index in [1.807, 2.05) is 73.7 Å². The monoisotopic (exact) mass is 472 g/mol. The minimum Gasteiger partial charge on any atom is -0.376 e. The lowest BCUT2D eigenvalue weighted by molar-refractivity contribution is 0.125. The van der Waals surface area contributed by atoms with Crippen LogP contribution in [0.3, 0.4) is 0 Å². The molecule has 5 nitrogen and oxygen atoms in total. The third kappa shape index (κ3) is 4.39. The summed E-state index contributed by atoms with van der Waals surface area (Å²) in [7, 11) is -3.69. The Morgan fingerprint density at radius 2 is 1.71 bits per heavy atom. The number of para-hydroxylation sites is 1. The first-order valence-electron chi connectivity index (χ1n) is 11.6. The Bertz CT molecular complexity index is 1420. The maximum Gasteiger partial charge on any atom is 0.264 e. The van der Waals surface area contributed by atoms with Gasteiger partial charge in [-0.2, -0.15) is 0 Å². The summed E-state index contributed by atoms with van der Waals surface area (Å²) in [6.07, 6.45) is 3.26. The molecule has 174 valence electrons. The molecule has 0 amide bonds. The van der Waals surface area contributed by atoms with Crippen molar-refractivity contribution >= 4 is 26.6 Å². The van der Waals surface area contributed by atoms with Gasteiger partial charge in [0.05, 0.1) is 29.5 Å². The van der Waals surface area contributed by atoms with Gasteiger partial charge in [-0.1, -0.05) is 72.3 Å². The lowest BCUT2D eigenvalue weighted by atomic mass is 10.0. The van der Waals surface area contributed by atoms with Crippen LogP contribution in [0.4, 0.5) is 0 Å². The third-order valence-electron chi connectivity index (χ3n) is 6.22. The van der Waals surface area contributed by atoms with Gasteiger partial charge in [-0.05, 0) is 49.1 Å². The van der Waals surface area contributed by atoms with Crippen molar-refractivity contribution in [1.29, 1.82) is 0 Å². The van der Waals surface area contributed by atoms with Gasteiger partial charge in [-0.25, -0.2) is 8.42 Å². The number of fused-ring (bicyclic) bond motifs is 3. The number of H-pyrrole nitrogens is 1. The van der Waals surface area contributed by atoms with E-state index in [9.17, 15) is 8.42 Å². The zero-order valence-electron chi connectivity index (χ0n) is 19.2. The number of aromatic amines is 1. The fourth-order valence-corrected chi connectivity index (χ4v) is 5.96. The molecule has 0 fully saturated rings. The van der Waals surface area contributed by atoms with E-state index in [4.69, 9.17) is 4.74 Å². The molecule has 3 aromatic carbocycles. The molecule has 0 saturated carbocycles. The number of nitrogens with zero attached hydrogens (tertiary/aromatic N) is 1. The van der Waals surface area contributed by atoms with Crippen LogP contribution >= 0.6 is 0 Å². The summed E-state index contributed by atoms with van der Waals surface area (Å²) in [5.74, 6) is 0. The minimum atomic E-state index is -3.69. The van der Waals surface area contributed by atoms with E-state index < -0.39 is 10.0 Å². The fraction of sp³-hybridized carbons (Fsp3) is 0.214. The highest BCUT2D eigenvalue weighted by Crippen LogP contribution is 2.37. The molecule has 5 rings (SSSR count). The van der Waals surface area contributed by atoms with Crippen molar-refractivity contribution in [3.8, 4) is 0 Å². The van der Waals surface area contributed by atoms with Crippen LogP contribution in [-0.4, -0.2) is 30.9 Å². The van der Waals surface area contributed by atoms with Crippen molar-refractivity contribution in [1.82, 2.24) is 9.29 Å². The van der Waals surface area contributed by atoms with Crippen molar-refractivity contribution < 1.29 is 13.2 Å². The second kappa shape index (κ2) is 9.49. The highest BCUT2D eigenvalue weighted by Gasteiger charge is 2.33. The molecule has 0 atom stereocenters. The summed E-state index contributed by atoms with van der Waals surface area (Å²) in [4.78, 5) is 3.79. The Morgan fingerprint density at radius 3 is 2.50 bits per heavy atom. The number of nitrogens with one attached hydrogen (secondary N) is 1. The van der Waals surface area contributed by atoms with E-state index in [1.165, 1.54) is 5.56 Å². The van der Waals surface area contributed by atoms with Crippen molar-refractivity contribution in [2.24, 2.45) is 0 Å². The number of rotatable bonds is 7. The van der Waals surface area contributed by atoms with Crippen LogP contribution in [-0.2, 0) is 27.8 Å². The van der Waals surface area contributed by atoms with Crippen molar-refractivity contribution in [3.63, 3.8) is 0 Å².